The van der Waals surface area contributed by atoms with Crippen molar-refractivity contribution in [2.75, 3.05) is 26.5 Å². The zero-order valence-corrected chi connectivity index (χ0v) is 7.13. The first-order valence-electron chi connectivity index (χ1n) is 3.09. The van der Waals surface area contributed by atoms with Gasteiger partial charge in [0.1, 0.15) is 0 Å². The van der Waals surface area contributed by atoms with Crippen molar-refractivity contribution in [3.8, 4) is 0 Å². The fourth-order valence-corrected chi connectivity index (χ4v) is 0.823. The molecular weight excluding hydrogens is 155 g/mol. The van der Waals surface area contributed by atoms with E-state index in [0.29, 0.717) is 13.2 Å². The van der Waals surface area contributed by atoms with Crippen molar-refractivity contribution in [3.63, 3.8) is 0 Å². The van der Waals surface area contributed by atoms with Crippen LogP contribution in [0.1, 0.15) is 6.92 Å². The van der Waals surface area contributed by atoms with Gasteiger partial charge in [-0.2, -0.15) is 0 Å². The van der Waals surface area contributed by atoms with Gasteiger partial charge in [-0.15, -0.1) is 0 Å². The van der Waals surface area contributed by atoms with E-state index in [1.54, 1.807) is 0 Å². The number of rotatable bonds is 5. The second-order valence-electron chi connectivity index (χ2n) is 1.83. The van der Waals surface area contributed by atoms with Gasteiger partial charge in [0.15, 0.2) is 0 Å². The molecule has 0 bridgehead atoms. The molecule has 0 saturated heterocycles. The molecule has 0 spiro atoms. The Bertz CT molecular complexity index is 119. The predicted octanol–water partition coefficient (Wildman–Crippen LogP) is 0.855. The summed E-state index contributed by atoms with van der Waals surface area (Å²) in [4.78, 5) is 8.59. The molecule has 0 aromatic rings. The molecule has 10 heavy (non-hydrogen) atoms. The van der Waals surface area contributed by atoms with Crippen LogP contribution in [-0.2, 0) is 13.8 Å². The molecular formula is C5H13O4P. The predicted molar refractivity (Wildman–Crippen MR) is 38.2 cm³/mol. The molecule has 62 valence electrons. The monoisotopic (exact) mass is 168 g/mol. The molecule has 0 fully saturated rings. The average molecular weight is 168 g/mol. The van der Waals surface area contributed by atoms with Gasteiger partial charge in [0.05, 0.1) is 13.2 Å². The highest BCUT2D eigenvalue weighted by Crippen LogP contribution is 2.35. The smallest absolute Gasteiger partial charge is 0.325 e. The molecule has 0 aliphatic rings. The van der Waals surface area contributed by atoms with Gasteiger partial charge in [-0.25, -0.2) is 0 Å². The second kappa shape index (κ2) is 4.85. The van der Waals surface area contributed by atoms with E-state index in [4.69, 9.17) is 9.63 Å². The number of ether oxygens (including phenoxy) is 1. The minimum atomic E-state index is -3.29. The van der Waals surface area contributed by atoms with Gasteiger partial charge in [-0.1, -0.05) is 0 Å². The van der Waals surface area contributed by atoms with Crippen LogP contribution in [0.3, 0.4) is 0 Å². The van der Waals surface area contributed by atoms with Crippen molar-refractivity contribution in [2.45, 2.75) is 6.92 Å². The Morgan fingerprint density at radius 1 is 1.50 bits per heavy atom. The Kier molecular flexibility index (Phi) is 4.91. The van der Waals surface area contributed by atoms with Gasteiger partial charge >= 0.3 is 7.60 Å². The highest BCUT2D eigenvalue weighted by Gasteiger charge is 2.07. The van der Waals surface area contributed by atoms with Gasteiger partial charge in [0.2, 0.25) is 0 Å². The zero-order valence-electron chi connectivity index (χ0n) is 6.24. The van der Waals surface area contributed by atoms with E-state index in [0.717, 1.165) is 6.66 Å². The topological polar surface area (TPSA) is 55.8 Å². The third kappa shape index (κ3) is 8.11. The Labute approximate surface area is 60.7 Å². The van der Waals surface area contributed by atoms with E-state index in [9.17, 15) is 4.57 Å². The summed E-state index contributed by atoms with van der Waals surface area (Å²) in [5, 5.41) is 0. The molecule has 1 unspecified atom stereocenters. The van der Waals surface area contributed by atoms with Crippen molar-refractivity contribution in [2.24, 2.45) is 0 Å². The molecule has 0 saturated carbocycles. The van der Waals surface area contributed by atoms with Gasteiger partial charge < -0.3 is 14.2 Å². The molecule has 0 rings (SSSR count). The van der Waals surface area contributed by atoms with Crippen LogP contribution in [0.15, 0.2) is 0 Å². The summed E-state index contributed by atoms with van der Waals surface area (Å²) < 4.78 is 19.8. The van der Waals surface area contributed by atoms with E-state index < -0.39 is 7.60 Å². The van der Waals surface area contributed by atoms with Crippen LogP contribution in [-0.4, -0.2) is 31.4 Å². The third-order valence-electron chi connectivity index (χ3n) is 0.763. The molecule has 0 aliphatic carbocycles. The van der Waals surface area contributed by atoms with Gasteiger partial charge in [-0.3, -0.25) is 4.57 Å². The fraction of sp³-hybridized carbons (Fsp3) is 1.00. The van der Waals surface area contributed by atoms with Crippen molar-refractivity contribution in [1.29, 1.82) is 0 Å². The first kappa shape index (κ1) is 10.1. The van der Waals surface area contributed by atoms with Crippen LogP contribution in [0.4, 0.5) is 0 Å². The lowest BCUT2D eigenvalue weighted by Crippen LogP contribution is -2.01. The van der Waals surface area contributed by atoms with Crippen molar-refractivity contribution < 1.29 is 18.7 Å². The van der Waals surface area contributed by atoms with Crippen molar-refractivity contribution in [1.82, 2.24) is 0 Å². The molecule has 0 aromatic heterocycles. The zero-order chi connectivity index (χ0) is 8.04. The molecule has 0 radical (unpaired) electrons. The van der Waals surface area contributed by atoms with Crippen LogP contribution in [0.2, 0.25) is 0 Å². The van der Waals surface area contributed by atoms with E-state index in [1.165, 1.54) is 0 Å². The van der Waals surface area contributed by atoms with Crippen LogP contribution in [0.5, 0.6) is 0 Å². The highest BCUT2D eigenvalue weighted by molar-refractivity contribution is 7.51. The van der Waals surface area contributed by atoms with Crippen LogP contribution in [0.25, 0.3) is 0 Å². The Morgan fingerprint density at radius 2 is 2.10 bits per heavy atom. The lowest BCUT2D eigenvalue weighted by atomic mass is 10.8. The molecule has 4 nitrogen and oxygen atoms in total. The summed E-state index contributed by atoms with van der Waals surface area (Å²) in [6.45, 7) is 4.15. The summed E-state index contributed by atoms with van der Waals surface area (Å²) in [6, 6.07) is 0. The van der Waals surface area contributed by atoms with E-state index >= 15 is 0 Å². The van der Waals surface area contributed by atoms with E-state index in [1.807, 2.05) is 6.92 Å². The van der Waals surface area contributed by atoms with Gasteiger partial charge in [0, 0.05) is 13.3 Å². The minimum Gasteiger partial charge on any atom is -0.379 e. The summed E-state index contributed by atoms with van der Waals surface area (Å²) >= 11 is 0. The Hall–Kier alpha value is 0.110. The maximum absolute atomic E-state index is 10.5. The fourth-order valence-electron chi connectivity index (χ4n) is 0.410. The van der Waals surface area contributed by atoms with Crippen LogP contribution in [0, 0.1) is 0 Å². The largest absolute Gasteiger partial charge is 0.379 e. The van der Waals surface area contributed by atoms with E-state index in [-0.39, 0.29) is 6.61 Å². The summed E-state index contributed by atoms with van der Waals surface area (Å²) in [7, 11) is -3.29. The Morgan fingerprint density at radius 3 is 2.50 bits per heavy atom. The molecule has 0 heterocycles. The second-order valence-corrected chi connectivity index (χ2v) is 3.70. The quantitative estimate of drug-likeness (QED) is 0.488. The van der Waals surface area contributed by atoms with Gasteiger partial charge in [-0.05, 0) is 6.92 Å². The SMILES string of the molecule is CCOCCOP(C)(=O)O. The molecule has 0 aromatic carbocycles. The normalized spacial score (nSPS) is 16.7. The minimum absolute atomic E-state index is 0.179. The molecule has 0 aliphatic heterocycles. The average Bonchev–Trinajstić information content (AvgIpc) is 1.78. The standard InChI is InChI=1S/C5H13O4P/c1-3-8-4-5-9-10(2,6)7/h3-5H2,1-2H3,(H,6,7). The van der Waals surface area contributed by atoms with E-state index in [2.05, 4.69) is 4.52 Å². The first-order chi connectivity index (χ1) is 4.56. The molecule has 0 amide bonds. The molecule has 1 atom stereocenters. The molecule has 1 N–H and O–H groups in total. The summed E-state index contributed by atoms with van der Waals surface area (Å²) in [5.74, 6) is 0. The third-order valence-corrected chi connectivity index (χ3v) is 1.42. The maximum atomic E-state index is 10.5. The maximum Gasteiger partial charge on any atom is 0.325 e. The number of hydrogen-bond donors (Lipinski definition) is 1. The molecule has 5 heteroatoms. The summed E-state index contributed by atoms with van der Waals surface area (Å²) in [6.07, 6.45) is 0. The lowest BCUT2D eigenvalue weighted by molar-refractivity contribution is 0.105. The van der Waals surface area contributed by atoms with Crippen LogP contribution >= 0.6 is 7.60 Å². The Balaban J connectivity index is 3.13. The number of hydrogen-bond acceptors (Lipinski definition) is 3. The van der Waals surface area contributed by atoms with Crippen molar-refractivity contribution >= 4 is 7.60 Å². The summed E-state index contributed by atoms with van der Waals surface area (Å²) in [5.41, 5.74) is 0. The highest BCUT2D eigenvalue weighted by atomic mass is 31.2. The van der Waals surface area contributed by atoms with Gasteiger partial charge in [0.25, 0.3) is 0 Å². The van der Waals surface area contributed by atoms with Crippen molar-refractivity contribution in [3.05, 3.63) is 0 Å². The van der Waals surface area contributed by atoms with Crippen LogP contribution < -0.4 is 0 Å². The first-order valence-corrected chi connectivity index (χ1v) is 5.11. The lowest BCUT2D eigenvalue weighted by Gasteiger charge is -2.05.